The largest absolute Gasteiger partial charge is 0.356 e. The number of Topliss-reactive ketones (excluding diaryl/α,β-unsaturated/α-hetero) is 1. The van der Waals surface area contributed by atoms with E-state index in [-0.39, 0.29) is 17.7 Å². The van der Waals surface area contributed by atoms with Crippen molar-refractivity contribution in [2.75, 3.05) is 18.0 Å². The molecule has 0 amide bonds. The van der Waals surface area contributed by atoms with Crippen molar-refractivity contribution in [3.63, 3.8) is 0 Å². The molecular formula is C22H21N7O. The Morgan fingerprint density at radius 3 is 2.90 bits per heavy atom. The van der Waals surface area contributed by atoms with Crippen LogP contribution in [0.2, 0.25) is 0 Å². The van der Waals surface area contributed by atoms with Gasteiger partial charge in [0, 0.05) is 37.7 Å². The molecule has 1 aromatic carbocycles. The molecule has 2 aliphatic rings. The van der Waals surface area contributed by atoms with Gasteiger partial charge in [0.1, 0.15) is 11.5 Å². The Kier molecular flexibility index (Phi) is 4.64. The molecule has 0 radical (unpaired) electrons. The van der Waals surface area contributed by atoms with E-state index in [0.717, 1.165) is 43.0 Å². The fourth-order valence-corrected chi connectivity index (χ4v) is 4.20. The molecule has 2 aromatic heterocycles. The zero-order valence-electron chi connectivity index (χ0n) is 16.4. The van der Waals surface area contributed by atoms with Crippen molar-refractivity contribution in [2.45, 2.75) is 25.3 Å². The van der Waals surface area contributed by atoms with E-state index in [9.17, 15) is 4.79 Å². The van der Waals surface area contributed by atoms with Gasteiger partial charge in [-0.3, -0.25) is 4.79 Å². The van der Waals surface area contributed by atoms with Gasteiger partial charge in [0.2, 0.25) is 0 Å². The maximum atomic E-state index is 13.0. The van der Waals surface area contributed by atoms with E-state index >= 15 is 0 Å². The van der Waals surface area contributed by atoms with Gasteiger partial charge in [0.15, 0.2) is 11.4 Å². The van der Waals surface area contributed by atoms with Crippen molar-refractivity contribution in [2.24, 2.45) is 11.0 Å². The second-order valence-corrected chi connectivity index (χ2v) is 7.73. The molecule has 0 aliphatic carbocycles. The molecule has 1 saturated heterocycles. The maximum Gasteiger partial charge on any atom is 0.182 e. The molecule has 30 heavy (non-hydrogen) atoms. The highest BCUT2D eigenvalue weighted by Gasteiger charge is 2.32. The van der Waals surface area contributed by atoms with E-state index in [0.29, 0.717) is 17.7 Å². The summed E-state index contributed by atoms with van der Waals surface area (Å²) in [5, 5.41) is 17.6. The summed E-state index contributed by atoms with van der Waals surface area (Å²) in [5.74, 6) is 1.05. The topological polar surface area (TPSA) is 98.7 Å². The first-order chi connectivity index (χ1) is 14.7. The minimum Gasteiger partial charge on any atom is -0.356 e. The number of hydrogen-bond acceptors (Lipinski definition) is 7. The third-order valence-corrected chi connectivity index (χ3v) is 5.89. The molecule has 0 spiro atoms. The summed E-state index contributed by atoms with van der Waals surface area (Å²) >= 11 is 0. The molecule has 3 aromatic rings. The highest BCUT2D eigenvalue weighted by atomic mass is 16.1. The lowest BCUT2D eigenvalue weighted by atomic mass is 9.88. The van der Waals surface area contributed by atoms with Crippen molar-refractivity contribution < 1.29 is 4.79 Å². The monoisotopic (exact) mass is 399 g/mol. The van der Waals surface area contributed by atoms with Gasteiger partial charge >= 0.3 is 0 Å². The van der Waals surface area contributed by atoms with Crippen LogP contribution in [0.25, 0.3) is 5.65 Å². The number of nitrogens with one attached hydrogen (secondary N) is 1. The SMILES string of the molecule is N#Cc1cccc([C@@H]2CC(C(=O)C3CCN(c4ccn5nccc5n4)CC3)=NN2)c1. The normalized spacial score (nSPS) is 19.4. The van der Waals surface area contributed by atoms with Gasteiger partial charge in [-0.1, -0.05) is 12.1 Å². The number of benzene rings is 1. The van der Waals surface area contributed by atoms with Crippen LogP contribution in [0, 0.1) is 17.2 Å². The number of anilines is 1. The van der Waals surface area contributed by atoms with E-state index in [1.165, 1.54) is 0 Å². The Hall–Kier alpha value is -3.73. The van der Waals surface area contributed by atoms with Crippen LogP contribution in [0.3, 0.4) is 0 Å². The second kappa shape index (κ2) is 7.59. The average molecular weight is 399 g/mol. The van der Waals surface area contributed by atoms with E-state index < -0.39 is 0 Å². The number of aromatic nitrogens is 3. The molecule has 0 bridgehead atoms. The number of piperidine rings is 1. The summed E-state index contributed by atoms with van der Waals surface area (Å²) in [7, 11) is 0. The molecule has 4 heterocycles. The van der Waals surface area contributed by atoms with Crippen molar-refractivity contribution >= 4 is 23.0 Å². The van der Waals surface area contributed by atoms with Crippen LogP contribution in [0.1, 0.15) is 36.4 Å². The Labute approximate surface area is 173 Å². The molecule has 1 fully saturated rings. The molecular weight excluding hydrogens is 378 g/mol. The Balaban J connectivity index is 1.20. The molecule has 5 rings (SSSR count). The maximum absolute atomic E-state index is 13.0. The lowest BCUT2D eigenvalue weighted by Crippen LogP contribution is -2.38. The predicted octanol–water partition coefficient (Wildman–Crippen LogP) is 2.48. The first-order valence-corrected chi connectivity index (χ1v) is 10.1. The first-order valence-electron chi connectivity index (χ1n) is 10.1. The fourth-order valence-electron chi connectivity index (χ4n) is 4.20. The van der Waals surface area contributed by atoms with E-state index in [2.05, 4.69) is 31.6 Å². The van der Waals surface area contributed by atoms with Crippen LogP contribution in [-0.4, -0.2) is 39.2 Å². The summed E-state index contributed by atoms with van der Waals surface area (Å²) in [6.45, 7) is 1.59. The summed E-state index contributed by atoms with van der Waals surface area (Å²) in [5.41, 5.74) is 6.10. The molecule has 8 heteroatoms. The van der Waals surface area contributed by atoms with Crippen LogP contribution in [-0.2, 0) is 4.79 Å². The number of rotatable bonds is 4. The van der Waals surface area contributed by atoms with E-state index in [1.807, 2.05) is 36.5 Å². The number of hydrogen-bond donors (Lipinski definition) is 1. The lowest BCUT2D eigenvalue weighted by molar-refractivity contribution is -0.117. The smallest absolute Gasteiger partial charge is 0.182 e. The molecule has 150 valence electrons. The Bertz CT molecular complexity index is 1170. The minimum absolute atomic E-state index is 0.00955. The molecule has 0 unspecified atom stereocenters. The standard InChI is InChI=1S/C22H21N7O/c23-14-15-2-1-3-17(12-15)18-13-19(27-26-18)22(30)16-5-9-28(10-6-16)20-7-11-29-21(25-20)4-8-24-29/h1-4,7-8,11-12,16,18,26H,5-6,9-10,13H2/t18-/m0/s1. The fraction of sp³-hybridized carbons (Fsp3) is 0.318. The number of ketones is 1. The van der Waals surface area contributed by atoms with Gasteiger partial charge < -0.3 is 10.3 Å². The number of carbonyl (C=O) groups excluding carboxylic acids is 1. The summed E-state index contributed by atoms with van der Waals surface area (Å²) in [6.07, 6.45) is 5.79. The lowest BCUT2D eigenvalue weighted by Gasteiger charge is -2.32. The van der Waals surface area contributed by atoms with Crippen LogP contribution in [0.4, 0.5) is 5.82 Å². The third-order valence-electron chi connectivity index (χ3n) is 5.89. The van der Waals surface area contributed by atoms with Crippen molar-refractivity contribution in [3.8, 4) is 6.07 Å². The second-order valence-electron chi connectivity index (χ2n) is 7.73. The van der Waals surface area contributed by atoms with Gasteiger partial charge in [0.05, 0.1) is 23.9 Å². The van der Waals surface area contributed by atoms with E-state index in [1.54, 1.807) is 16.8 Å². The molecule has 2 aliphatic heterocycles. The van der Waals surface area contributed by atoms with Crippen LogP contribution in [0.15, 0.2) is 53.9 Å². The van der Waals surface area contributed by atoms with Gasteiger partial charge in [-0.15, -0.1) is 0 Å². The highest BCUT2D eigenvalue weighted by Crippen LogP contribution is 2.27. The van der Waals surface area contributed by atoms with Gasteiger partial charge in [-0.05, 0) is 36.6 Å². The van der Waals surface area contributed by atoms with Crippen LogP contribution >= 0.6 is 0 Å². The van der Waals surface area contributed by atoms with Crippen LogP contribution < -0.4 is 10.3 Å². The zero-order chi connectivity index (χ0) is 20.5. The summed E-state index contributed by atoms with van der Waals surface area (Å²) in [6, 6.07) is 13.4. The Morgan fingerprint density at radius 1 is 1.20 bits per heavy atom. The number of fused-ring (bicyclic) bond motifs is 1. The average Bonchev–Trinajstić information content (AvgIpc) is 3.48. The Morgan fingerprint density at radius 2 is 2.07 bits per heavy atom. The zero-order valence-corrected chi connectivity index (χ0v) is 16.4. The number of hydrazone groups is 1. The predicted molar refractivity (Wildman–Crippen MR) is 112 cm³/mol. The van der Waals surface area contributed by atoms with Crippen LogP contribution in [0.5, 0.6) is 0 Å². The minimum atomic E-state index is -0.0519. The number of nitrogens with zero attached hydrogens (tertiary/aromatic N) is 6. The van der Waals surface area contributed by atoms with Gasteiger partial charge in [0.25, 0.3) is 0 Å². The van der Waals surface area contributed by atoms with E-state index in [4.69, 9.17) is 5.26 Å². The summed E-state index contributed by atoms with van der Waals surface area (Å²) < 4.78 is 1.74. The number of nitriles is 1. The highest BCUT2D eigenvalue weighted by molar-refractivity contribution is 6.41. The van der Waals surface area contributed by atoms with Crippen molar-refractivity contribution in [3.05, 3.63) is 59.9 Å². The van der Waals surface area contributed by atoms with Crippen molar-refractivity contribution in [1.82, 2.24) is 20.0 Å². The molecule has 1 atom stereocenters. The summed E-state index contributed by atoms with van der Waals surface area (Å²) in [4.78, 5) is 19.9. The molecule has 8 nitrogen and oxygen atoms in total. The third kappa shape index (κ3) is 3.39. The first kappa shape index (κ1) is 18.3. The van der Waals surface area contributed by atoms with Gasteiger partial charge in [-0.25, -0.2) is 9.50 Å². The quantitative estimate of drug-likeness (QED) is 0.724. The number of carbonyl (C=O) groups is 1. The molecule has 0 saturated carbocycles. The van der Waals surface area contributed by atoms with Crippen molar-refractivity contribution in [1.29, 1.82) is 5.26 Å². The molecule has 1 N–H and O–H groups in total. The van der Waals surface area contributed by atoms with Gasteiger partial charge in [-0.2, -0.15) is 15.5 Å².